The molecular formula is C14H16N2O5S. The van der Waals surface area contributed by atoms with E-state index in [0.29, 0.717) is 17.3 Å². The van der Waals surface area contributed by atoms with Crippen LogP contribution in [0.15, 0.2) is 39.6 Å². The van der Waals surface area contributed by atoms with E-state index < -0.39 is 15.9 Å². The molecule has 0 aliphatic rings. The maximum absolute atomic E-state index is 12.1. The van der Waals surface area contributed by atoms with Crippen molar-refractivity contribution in [3.8, 4) is 5.75 Å². The lowest BCUT2D eigenvalue weighted by Crippen LogP contribution is -2.41. The number of ether oxygens (including phenoxy) is 1. The first-order chi connectivity index (χ1) is 10.3. The molecule has 2 N–H and O–H groups in total. The monoisotopic (exact) mass is 324 g/mol. The van der Waals surface area contributed by atoms with Gasteiger partial charge in [0.15, 0.2) is 0 Å². The van der Waals surface area contributed by atoms with E-state index in [1.165, 1.54) is 37.4 Å². The molecule has 0 radical (unpaired) electrons. The van der Waals surface area contributed by atoms with Gasteiger partial charge in [-0.1, -0.05) is 0 Å². The van der Waals surface area contributed by atoms with Crippen LogP contribution >= 0.6 is 0 Å². The predicted octanol–water partition coefficient (Wildman–Crippen LogP) is 1.53. The third-order valence-corrected chi connectivity index (χ3v) is 4.22. The molecule has 7 nitrogen and oxygen atoms in total. The number of methoxy groups -OCH3 is 1. The normalized spacial score (nSPS) is 11.2. The Morgan fingerprint density at radius 2 is 1.82 bits per heavy atom. The number of rotatable bonds is 5. The number of benzene rings is 1. The van der Waals surface area contributed by atoms with Gasteiger partial charge in [-0.15, -0.1) is 4.83 Å². The van der Waals surface area contributed by atoms with E-state index in [1.807, 2.05) is 4.83 Å². The first kappa shape index (κ1) is 16.1. The molecule has 1 aromatic heterocycles. The van der Waals surface area contributed by atoms with Gasteiger partial charge in [0.2, 0.25) is 0 Å². The molecule has 118 valence electrons. The van der Waals surface area contributed by atoms with Crippen LogP contribution in [0.3, 0.4) is 0 Å². The average Bonchev–Trinajstić information content (AvgIpc) is 2.83. The van der Waals surface area contributed by atoms with Gasteiger partial charge in [-0.2, -0.15) is 0 Å². The van der Waals surface area contributed by atoms with Gasteiger partial charge in [-0.25, -0.2) is 8.42 Å². The van der Waals surface area contributed by atoms with Crippen LogP contribution in [-0.2, 0) is 10.0 Å². The lowest BCUT2D eigenvalue weighted by atomic mass is 10.2. The van der Waals surface area contributed by atoms with Crippen LogP contribution in [-0.4, -0.2) is 21.4 Å². The standard InChI is InChI=1S/C14H16N2O5S/c1-9-8-13(10(2)21-9)14(17)15-16-22(18,19)12-6-4-11(20-3)5-7-12/h4-8,16H,1-3H3,(H,15,17). The fourth-order valence-electron chi connectivity index (χ4n) is 1.85. The summed E-state index contributed by atoms with van der Waals surface area (Å²) in [5.41, 5.74) is 2.43. The lowest BCUT2D eigenvalue weighted by molar-refractivity contribution is 0.0943. The van der Waals surface area contributed by atoms with Crippen molar-refractivity contribution in [3.63, 3.8) is 0 Å². The first-order valence-corrected chi connectivity index (χ1v) is 7.85. The highest BCUT2D eigenvalue weighted by Crippen LogP contribution is 2.15. The minimum Gasteiger partial charge on any atom is -0.497 e. The second-order valence-electron chi connectivity index (χ2n) is 4.56. The van der Waals surface area contributed by atoms with E-state index in [2.05, 4.69) is 5.43 Å². The van der Waals surface area contributed by atoms with Crippen LogP contribution in [0.25, 0.3) is 0 Å². The molecule has 8 heteroatoms. The summed E-state index contributed by atoms with van der Waals surface area (Å²) in [6.45, 7) is 3.32. The topological polar surface area (TPSA) is 97.6 Å². The molecule has 0 spiro atoms. The zero-order valence-corrected chi connectivity index (χ0v) is 13.2. The number of furan rings is 1. The Kier molecular flexibility index (Phi) is 4.53. The van der Waals surface area contributed by atoms with Crippen LogP contribution in [0, 0.1) is 13.8 Å². The van der Waals surface area contributed by atoms with Crippen molar-refractivity contribution < 1.29 is 22.4 Å². The fraction of sp³-hybridized carbons (Fsp3) is 0.214. The van der Waals surface area contributed by atoms with E-state index in [4.69, 9.17) is 9.15 Å². The zero-order chi connectivity index (χ0) is 16.3. The number of aryl methyl sites for hydroxylation is 2. The number of carbonyl (C=O) groups is 1. The van der Waals surface area contributed by atoms with Gasteiger partial charge in [0.25, 0.3) is 15.9 Å². The Labute approximate surface area is 128 Å². The minimum atomic E-state index is -3.86. The van der Waals surface area contributed by atoms with E-state index in [1.54, 1.807) is 13.8 Å². The summed E-state index contributed by atoms with van der Waals surface area (Å²) < 4.78 is 34.3. The molecule has 0 unspecified atom stereocenters. The van der Waals surface area contributed by atoms with Crippen LogP contribution in [0.1, 0.15) is 21.9 Å². The molecule has 2 rings (SSSR count). The van der Waals surface area contributed by atoms with Crippen molar-refractivity contribution in [3.05, 3.63) is 47.4 Å². The van der Waals surface area contributed by atoms with E-state index in [0.717, 1.165) is 0 Å². The molecule has 1 heterocycles. The van der Waals surface area contributed by atoms with Crippen molar-refractivity contribution in [2.24, 2.45) is 0 Å². The van der Waals surface area contributed by atoms with Crippen molar-refractivity contribution in [1.82, 2.24) is 10.3 Å². The number of carbonyl (C=O) groups excluding carboxylic acids is 1. The highest BCUT2D eigenvalue weighted by atomic mass is 32.2. The van der Waals surface area contributed by atoms with Gasteiger partial charge in [-0.05, 0) is 44.2 Å². The molecule has 2 aromatic rings. The summed E-state index contributed by atoms with van der Waals surface area (Å²) in [6.07, 6.45) is 0. The van der Waals surface area contributed by atoms with Crippen molar-refractivity contribution in [1.29, 1.82) is 0 Å². The Morgan fingerprint density at radius 1 is 1.18 bits per heavy atom. The Morgan fingerprint density at radius 3 is 2.32 bits per heavy atom. The number of hydrogen-bond acceptors (Lipinski definition) is 5. The van der Waals surface area contributed by atoms with Crippen molar-refractivity contribution in [2.45, 2.75) is 18.7 Å². The SMILES string of the molecule is COc1ccc(S(=O)(=O)NNC(=O)c2cc(C)oc2C)cc1. The largest absolute Gasteiger partial charge is 0.497 e. The van der Waals surface area contributed by atoms with Gasteiger partial charge in [-0.3, -0.25) is 10.2 Å². The van der Waals surface area contributed by atoms with Crippen LogP contribution in [0.2, 0.25) is 0 Å². The zero-order valence-electron chi connectivity index (χ0n) is 12.3. The van der Waals surface area contributed by atoms with Gasteiger partial charge < -0.3 is 9.15 Å². The van der Waals surface area contributed by atoms with Crippen LogP contribution < -0.4 is 15.0 Å². The highest BCUT2D eigenvalue weighted by molar-refractivity contribution is 7.89. The van der Waals surface area contributed by atoms with Crippen LogP contribution in [0.5, 0.6) is 5.75 Å². The average molecular weight is 324 g/mol. The Bertz CT molecular complexity index is 778. The molecule has 22 heavy (non-hydrogen) atoms. The van der Waals surface area contributed by atoms with Gasteiger partial charge in [0.05, 0.1) is 17.6 Å². The quantitative estimate of drug-likeness (QED) is 0.813. The summed E-state index contributed by atoms with van der Waals surface area (Å²) >= 11 is 0. The second kappa shape index (κ2) is 6.20. The van der Waals surface area contributed by atoms with Gasteiger partial charge in [0, 0.05) is 0 Å². The molecule has 0 aliphatic heterocycles. The summed E-state index contributed by atoms with van der Waals surface area (Å²) in [5, 5.41) is 0. The maximum Gasteiger partial charge on any atom is 0.269 e. The Hall–Kier alpha value is -2.32. The van der Waals surface area contributed by atoms with E-state index >= 15 is 0 Å². The summed E-state index contributed by atoms with van der Waals surface area (Å²) in [4.78, 5) is 14.0. The van der Waals surface area contributed by atoms with E-state index in [9.17, 15) is 13.2 Å². The molecule has 1 aromatic carbocycles. The Balaban J connectivity index is 2.09. The molecule has 1 amide bonds. The summed E-state index contributed by atoms with van der Waals surface area (Å²) in [7, 11) is -2.38. The number of amides is 1. The highest BCUT2D eigenvalue weighted by Gasteiger charge is 2.18. The number of hydrazine groups is 1. The van der Waals surface area contributed by atoms with Crippen molar-refractivity contribution >= 4 is 15.9 Å². The number of sulfonamides is 1. The number of hydrogen-bond donors (Lipinski definition) is 2. The first-order valence-electron chi connectivity index (χ1n) is 6.37. The summed E-state index contributed by atoms with van der Waals surface area (Å²) in [6, 6.07) is 7.31. The smallest absolute Gasteiger partial charge is 0.269 e. The maximum atomic E-state index is 12.1. The van der Waals surface area contributed by atoms with Crippen molar-refractivity contribution in [2.75, 3.05) is 7.11 Å². The van der Waals surface area contributed by atoms with Gasteiger partial charge >= 0.3 is 0 Å². The molecule has 0 fully saturated rings. The van der Waals surface area contributed by atoms with Gasteiger partial charge in [0.1, 0.15) is 17.3 Å². The molecule has 0 aliphatic carbocycles. The molecule has 0 bridgehead atoms. The molecular weight excluding hydrogens is 308 g/mol. The third-order valence-electron chi connectivity index (χ3n) is 2.95. The van der Waals surface area contributed by atoms with E-state index in [-0.39, 0.29) is 10.5 Å². The molecule has 0 saturated heterocycles. The molecule has 0 saturated carbocycles. The predicted molar refractivity (Wildman–Crippen MR) is 79.0 cm³/mol. The summed E-state index contributed by atoms with van der Waals surface area (Å²) in [5.74, 6) is 0.929. The lowest BCUT2D eigenvalue weighted by Gasteiger charge is -2.08. The molecule has 0 atom stereocenters. The third kappa shape index (κ3) is 3.46. The fourth-order valence-corrected chi connectivity index (χ4v) is 2.69. The minimum absolute atomic E-state index is 0.00805. The second-order valence-corrected chi connectivity index (χ2v) is 6.24. The van der Waals surface area contributed by atoms with Crippen LogP contribution in [0.4, 0.5) is 0 Å². The number of nitrogens with one attached hydrogen (secondary N) is 2.